The molecule has 4 nitrogen and oxygen atoms in total. The van der Waals surface area contributed by atoms with Crippen LogP contribution < -0.4 is 5.32 Å². The quantitative estimate of drug-likeness (QED) is 0.824. The first-order chi connectivity index (χ1) is 9.16. The first kappa shape index (κ1) is 12.2. The highest BCUT2D eigenvalue weighted by Gasteiger charge is 2.38. The minimum atomic E-state index is 0.0803. The van der Waals surface area contributed by atoms with E-state index in [1.807, 2.05) is 31.4 Å². The number of nitrogens with one attached hydrogen (secondary N) is 2. The molecule has 2 aromatic heterocycles. The number of nitrogens with zero attached hydrogens (tertiary/aromatic N) is 2. The molecule has 0 bridgehead atoms. The third-order valence-corrected chi connectivity index (χ3v) is 3.92. The number of H-pyrrole nitrogens is 1. The van der Waals surface area contributed by atoms with Crippen LogP contribution in [-0.4, -0.2) is 27.0 Å². The molecule has 0 amide bonds. The van der Waals surface area contributed by atoms with Gasteiger partial charge in [-0.25, -0.2) is 0 Å². The molecule has 1 aliphatic heterocycles. The molecule has 19 heavy (non-hydrogen) atoms. The van der Waals surface area contributed by atoms with Crippen molar-refractivity contribution in [3.05, 3.63) is 53.6 Å². The molecule has 0 spiro atoms. The maximum absolute atomic E-state index is 5.38. The van der Waals surface area contributed by atoms with E-state index >= 15 is 0 Å². The van der Waals surface area contributed by atoms with Crippen molar-refractivity contribution in [3.63, 3.8) is 0 Å². The molecule has 1 aliphatic rings. The lowest BCUT2D eigenvalue weighted by Gasteiger charge is -2.23. The van der Waals surface area contributed by atoms with Gasteiger partial charge in [0.2, 0.25) is 0 Å². The van der Waals surface area contributed by atoms with E-state index in [0.717, 1.165) is 22.2 Å². The molecular formula is C14H16N4S. The van der Waals surface area contributed by atoms with E-state index in [4.69, 9.17) is 12.2 Å². The van der Waals surface area contributed by atoms with E-state index in [-0.39, 0.29) is 12.1 Å². The number of aryl methyl sites for hydroxylation is 1. The Morgan fingerprint density at radius 3 is 2.74 bits per heavy atom. The molecule has 3 rings (SSSR count). The van der Waals surface area contributed by atoms with E-state index in [2.05, 4.69) is 39.2 Å². The Labute approximate surface area is 117 Å². The number of hydrogen-bond donors (Lipinski definition) is 2. The van der Waals surface area contributed by atoms with Crippen LogP contribution in [0.5, 0.6) is 0 Å². The van der Waals surface area contributed by atoms with Crippen LogP contribution >= 0.6 is 12.2 Å². The smallest absolute Gasteiger partial charge is 0.169 e. The Morgan fingerprint density at radius 1 is 1.26 bits per heavy atom. The average molecular weight is 272 g/mol. The molecule has 2 atom stereocenters. The number of rotatable bonds is 2. The highest BCUT2D eigenvalue weighted by atomic mass is 32.1. The minimum absolute atomic E-state index is 0.0803. The van der Waals surface area contributed by atoms with Gasteiger partial charge in [-0.3, -0.25) is 4.98 Å². The van der Waals surface area contributed by atoms with Crippen LogP contribution in [0.4, 0.5) is 0 Å². The zero-order chi connectivity index (χ0) is 13.4. The topological polar surface area (TPSA) is 44.0 Å². The largest absolute Gasteiger partial charge is 0.361 e. The molecule has 1 fully saturated rings. The second kappa shape index (κ2) is 4.66. The summed E-state index contributed by atoms with van der Waals surface area (Å²) >= 11 is 5.38. The van der Waals surface area contributed by atoms with Gasteiger partial charge in [0.1, 0.15) is 0 Å². The molecule has 0 aliphatic carbocycles. The fourth-order valence-corrected chi connectivity index (χ4v) is 2.79. The number of pyridine rings is 1. The summed E-state index contributed by atoms with van der Waals surface area (Å²) in [5.41, 5.74) is 3.32. The summed E-state index contributed by atoms with van der Waals surface area (Å²) in [6, 6.07) is 10.4. The van der Waals surface area contributed by atoms with Gasteiger partial charge < -0.3 is 15.2 Å². The molecule has 2 N–H and O–H groups in total. The number of likely N-dealkylation sites (N-methyl/N-ethyl adjacent to an activating group) is 1. The summed E-state index contributed by atoms with van der Waals surface area (Å²) in [7, 11) is 2.01. The molecule has 0 unspecified atom stereocenters. The number of thiocarbonyl (C=S) groups is 1. The molecule has 1 saturated heterocycles. The summed E-state index contributed by atoms with van der Waals surface area (Å²) in [4.78, 5) is 9.93. The second-order valence-electron chi connectivity index (χ2n) is 4.83. The lowest BCUT2D eigenvalue weighted by atomic mass is 10.0. The Kier molecular flexibility index (Phi) is 2.98. The third-order valence-electron chi connectivity index (χ3n) is 3.51. The number of hydrogen-bond acceptors (Lipinski definition) is 2. The predicted molar refractivity (Wildman–Crippen MR) is 78.7 cm³/mol. The Bertz CT molecular complexity index is 593. The van der Waals surface area contributed by atoms with Gasteiger partial charge in [-0.2, -0.15) is 0 Å². The maximum Gasteiger partial charge on any atom is 0.169 e. The van der Waals surface area contributed by atoms with E-state index in [1.54, 1.807) is 0 Å². The summed E-state index contributed by atoms with van der Waals surface area (Å²) in [5, 5.41) is 4.11. The van der Waals surface area contributed by atoms with E-state index in [9.17, 15) is 0 Å². The molecule has 5 heteroatoms. The van der Waals surface area contributed by atoms with Gasteiger partial charge in [0.25, 0.3) is 0 Å². The Hall–Kier alpha value is -1.88. The molecule has 0 aromatic carbocycles. The standard InChI is InChI=1S/C14H16N4S/c1-9-6-7-11(16-9)13-12(17-14(19)18(13)2)10-5-3-4-8-15-10/h3-8,12-13,16H,1-2H3,(H,17,19)/t12-,13+/m1/s1. The summed E-state index contributed by atoms with van der Waals surface area (Å²) in [6.45, 7) is 2.06. The molecular weight excluding hydrogens is 256 g/mol. The first-order valence-corrected chi connectivity index (χ1v) is 6.67. The second-order valence-corrected chi connectivity index (χ2v) is 5.22. The van der Waals surface area contributed by atoms with Crippen LogP contribution in [-0.2, 0) is 0 Å². The first-order valence-electron chi connectivity index (χ1n) is 6.26. The van der Waals surface area contributed by atoms with Crippen molar-refractivity contribution in [3.8, 4) is 0 Å². The Balaban J connectivity index is 2.01. The van der Waals surface area contributed by atoms with Gasteiger partial charge in [0.05, 0.1) is 17.8 Å². The normalized spacial score (nSPS) is 22.6. The van der Waals surface area contributed by atoms with E-state index in [0.29, 0.717) is 0 Å². The Morgan fingerprint density at radius 2 is 2.11 bits per heavy atom. The van der Waals surface area contributed by atoms with Gasteiger partial charge >= 0.3 is 0 Å². The molecule has 2 aromatic rings. The van der Waals surface area contributed by atoms with Crippen molar-refractivity contribution in [1.29, 1.82) is 0 Å². The molecule has 0 saturated carbocycles. The van der Waals surface area contributed by atoms with Gasteiger partial charge in [-0.15, -0.1) is 0 Å². The number of aromatic amines is 1. The monoisotopic (exact) mass is 272 g/mol. The molecule has 0 radical (unpaired) electrons. The van der Waals surface area contributed by atoms with Gasteiger partial charge in [-0.1, -0.05) is 6.07 Å². The van der Waals surface area contributed by atoms with Crippen molar-refractivity contribution in [2.45, 2.75) is 19.0 Å². The summed E-state index contributed by atoms with van der Waals surface area (Å²) in [5.74, 6) is 0. The van der Waals surface area contributed by atoms with Crippen LogP contribution in [0.15, 0.2) is 36.5 Å². The highest BCUT2D eigenvalue weighted by molar-refractivity contribution is 7.80. The van der Waals surface area contributed by atoms with E-state index < -0.39 is 0 Å². The van der Waals surface area contributed by atoms with Crippen molar-refractivity contribution < 1.29 is 0 Å². The van der Waals surface area contributed by atoms with Crippen LogP contribution in [0.25, 0.3) is 0 Å². The van der Waals surface area contributed by atoms with Crippen LogP contribution in [0.3, 0.4) is 0 Å². The van der Waals surface area contributed by atoms with Crippen molar-refractivity contribution in [2.24, 2.45) is 0 Å². The van der Waals surface area contributed by atoms with Crippen LogP contribution in [0.2, 0.25) is 0 Å². The van der Waals surface area contributed by atoms with E-state index in [1.165, 1.54) is 0 Å². The molecule has 98 valence electrons. The zero-order valence-corrected chi connectivity index (χ0v) is 11.7. The lowest BCUT2D eigenvalue weighted by molar-refractivity contribution is 0.361. The van der Waals surface area contributed by atoms with Crippen LogP contribution in [0.1, 0.15) is 29.2 Å². The minimum Gasteiger partial charge on any atom is -0.361 e. The lowest BCUT2D eigenvalue weighted by Crippen LogP contribution is -2.25. The third kappa shape index (κ3) is 2.10. The predicted octanol–water partition coefficient (Wildman–Crippen LogP) is 2.32. The van der Waals surface area contributed by atoms with Crippen molar-refractivity contribution in [1.82, 2.24) is 20.2 Å². The zero-order valence-electron chi connectivity index (χ0n) is 10.9. The van der Waals surface area contributed by atoms with Crippen molar-refractivity contribution >= 4 is 17.3 Å². The average Bonchev–Trinajstić information content (AvgIpc) is 2.96. The maximum atomic E-state index is 5.38. The number of aromatic nitrogens is 2. The summed E-state index contributed by atoms with van der Waals surface area (Å²) in [6.07, 6.45) is 1.81. The fraction of sp³-hybridized carbons (Fsp3) is 0.286. The highest BCUT2D eigenvalue weighted by Crippen LogP contribution is 2.36. The molecule has 3 heterocycles. The van der Waals surface area contributed by atoms with Gasteiger partial charge in [0.15, 0.2) is 5.11 Å². The fourth-order valence-electron chi connectivity index (χ4n) is 2.55. The van der Waals surface area contributed by atoms with Gasteiger partial charge in [0, 0.05) is 24.6 Å². The SMILES string of the molecule is Cc1ccc([C@H]2[C@@H](c3ccccn3)NC(=S)N2C)[nH]1. The van der Waals surface area contributed by atoms with Crippen LogP contribution in [0, 0.1) is 6.92 Å². The van der Waals surface area contributed by atoms with Crippen molar-refractivity contribution in [2.75, 3.05) is 7.05 Å². The van der Waals surface area contributed by atoms with Gasteiger partial charge in [-0.05, 0) is 43.4 Å². The summed E-state index contributed by atoms with van der Waals surface area (Å²) < 4.78 is 0.